The molecule has 1 heterocycles. The predicted molar refractivity (Wildman–Crippen MR) is 59.0 cm³/mol. The van der Waals surface area contributed by atoms with Crippen LogP contribution in [0.2, 0.25) is 0 Å². The first-order chi connectivity index (χ1) is 6.83. The quantitative estimate of drug-likeness (QED) is 0.764. The Morgan fingerprint density at radius 3 is 2.53 bits per heavy atom. The van der Waals surface area contributed by atoms with Crippen LogP contribution in [0.5, 0.6) is 0 Å². The molecule has 0 aliphatic heterocycles. The summed E-state index contributed by atoms with van der Waals surface area (Å²) in [5, 5.41) is 10.0. The molecule has 5 nitrogen and oxygen atoms in total. The van der Waals surface area contributed by atoms with Gasteiger partial charge in [-0.1, -0.05) is 6.92 Å². The zero-order chi connectivity index (χ0) is 11.6. The van der Waals surface area contributed by atoms with Crippen LogP contribution in [0.4, 0.5) is 0 Å². The van der Waals surface area contributed by atoms with E-state index in [0.29, 0.717) is 5.89 Å². The van der Waals surface area contributed by atoms with Gasteiger partial charge >= 0.3 is 11.8 Å². The third-order valence-corrected chi connectivity index (χ3v) is 2.85. The summed E-state index contributed by atoms with van der Waals surface area (Å²) in [6, 6.07) is 0. The number of hydrogen-bond acceptors (Lipinski definition) is 5. The highest BCUT2D eigenvalue weighted by Crippen LogP contribution is 2.14. The first-order valence-electron chi connectivity index (χ1n) is 4.63. The summed E-state index contributed by atoms with van der Waals surface area (Å²) in [6.45, 7) is 7.30. The second-order valence-electron chi connectivity index (χ2n) is 3.98. The molecule has 0 spiro atoms. The molecule has 15 heavy (non-hydrogen) atoms. The van der Waals surface area contributed by atoms with E-state index in [-0.39, 0.29) is 17.0 Å². The van der Waals surface area contributed by atoms with Crippen molar-refractivity contribution in [3.8, 4) is 0 Å². The third-order valence-electron chi connectivity index (χ3n) is 2.20. The summed E-state index contributed by atoms with van der Waals surface area (Å²) >= 11 is 4.29. The molecule has 0 aromatic carbocycles. The fourth-order valence-corrected chi connectivity index (χ4v) is 0.903. The predicted octanol–water partition coefficient (Wildman–Crippen LogP) is 1.20. The normalized spacial score (nSPS) is 13.7. The van der Waals surface area contributed by atoms with Gasteiger partial charge in [-0.25, -0.2) is 0 Å². The highest BCUT2D eigenvalue weighted by atomic mass is 32.1. The average Bonchev–Trinajstić information content (AvgIpc) is 2.50. The van der Waals surface area contributed by atoms with Crippen LogP contribution in [0.25, 0.3) is 0 Å². The van der Waals surface area contributed by atoms with E-state index >= 15 is 0 Å². The van der Waals surface area contributed by atoms with Crippen molar-refractivity contribution in [2.24, 2.45) is 0 Å². The topological polar surface area (TPSA) is 68.0 Å². The lowest BCUT2D eigenvalue weighted by atomic mass is 10.0. The highest BCUT2D eigenvalue weighted by molar-refractivity contribution is 7.81. The Bertz CT molecular complexity index is 360. The number of rotatable bonds is 3. The number of nitrogens with zero attached hydrogens (tertiary/aromatic N) is 2. The molecule has 0 aliphatic carbocycles. The maximum absolute atomic E-state index is 11.6. The number of amides is 1. The lowest BCUT2D eigenvalue weighted by Gasteiger charge is -2.28. The zero-order valence-corrected chi connectivity index (χ0v) is 10.1. The van der Waals surface area contributed by atoms with Crippen LogP contribution in [-0.2, 0) is 0 Å². The second kappa shape index (κ2) is 4.22. The van der Waals surface area contributed by atoms with Gasteiger partial charge < -0.3 is 9.73 Å². The molecule has 0 bridgehead atoms. The number of aromatic nitrogens is 2. The SMILES string of the molecule is Cc1nnc(C(=O)NC(C)(C)C(C)S)o1. The van der Waals surface area contributed by atoms with Gasteiger partial charge in [-0.15, -0.1) is 10.2 Å². The summed E-state index contributed by atoms with van der Waals surface area (Å²) in [6.07, 6.45) is 0. The lowest BCUT2D eigenvalue weighted by Crippen LogP contribution is -2.49. The molecule has 1 N–H and O–H groups in total. The Morgan fingerprint density at radius 2 is 2.13 bits per heavy atom. The van der Waals surface area contributed by atoms with Crippen molar-refractivity contribution in [1.29, 1.82) is 0 Å². The average molecular weight is 229 g/mol. The Kier molecular flexibility index (Phi) is 3.38. The molecule has 6 heteroatoms. The number of nitrogens with one attached hydrogen (secondary N) is 1. The van der Waals surface area contributed by atoms with E-state index in [4.69, 9.17) is 4.42 Å². The van der Waals surface area contributed by atoms with Gasteiger partial charge in [-0.3, -0.25) is 4.79 Å². The molecule has 1 rings (SSSR count). The third kappa shape index (κ3) is 2.95. The highest BCUT2D eigenvalue weighted by Gasteiger charge is 2.27. The van der Waals surface area contributed by atoms with E-state index < -0.39 is 5.54 Å². The zero-order valence-electron chi connectivity index (χ0n) is 9.24. The Morgan fingerprint density at radius 1 is 1.53 bits per heavy atom. The van der Waals surface area contributed by atoms with Crippen LogP contribution in [0.15, 0.2) is 4.42 Å². The minimum atomic E-state index is -0.428. The van der Waals surface area contributed by atoms with E-state index in [9.17, 15) is 4.79 Å². The number of thiol groups is 1. The van der Waals surface area contributed by atoms with Crippen LogP contribution in [0, 0.1) is 6.92 Å². The second-order valence-corrected chi connectivity index (χ2v) is 4.75. The number of hydrogen-bond donors (Lipinski definition) is 2. The first-order valence-corrected chi connectivity index (χ1v) is 5.15. The molecule has 0 fully saturated rings. The van der Waals surface area contributed by atoms with Crippen LogP contribution < -0.4 is 5.32 Å². The standard InChI is InChI=1S/C9H15N3O2S/c1-5(15)9(3,4)10-7(13)8-12-11-6(2)14-8/h5,15H,1-4H3,(H,10,13). The summed E-state index contributed by atoms with van der Waals surface area (Å²) in [4.78, 5) is 11.6. The number of carbonyl (C=O) groups excluding carboxylic acids is 1. The molecule has 1 unspecified atom stereocenters. The van der Waals surface area contributed by atoms with Gasteiger partial charge in [0.25, 0.3) is 0 Å². The molecule has 1 aromatic rings. The largest absolute Gasteiger partial charge is 0.417 e. The summed E-state index contributed by atoms with van der Waals surface area (Å²) < 4.78 is 5.01. The molecule has 1 atom stereocenters. The van der Waals surface area contributed by atoms with Crippen molar-refractivity contribution in [2.45, 2.75) is 38.5 Å². The number of carbonyl (C=O) groups is 1. The first kappa shape index (κ1) is 12.0. The van der Waals surface area contributed by atoms with Crippen molar-refractivity contribution in [3.05, 3.63) is 11.8 Å². The van der Waals surface area contributed by atoms with Gasteiger partial charge in [-0.05, 0) is 13.8 Å². The van der Waals surface area contributed by atoms with Crippen molar-refractivity contribution >= 4 is 18.5 Å². The minimum Gasteiger partial charge on any atom is -0.417 e. The molecule has 84 valence electrons. The van der Waals surface area contributed by atoms with Gasteiger partial charge in [0, 0.05) is 17.7 Å². The van der Waals surface area contributed by atoms with Gasteiger partial charge in [0.1, 0.15) is 0 Å². The summed E-state index contributed by atoms with van der Waals surface area (Å²) in [5.74, 6) is -0.0204. The van der Waals surface area contributed by atoms with Gasteiger partial charge in [0.05, 0.1) is 0 Å². The molecule has 1 amide bonds. The van der Waals surface area contributed by atoms with Crippen molar-refractivity contribution in [2.75, 3.05) is 0 Å². The monoisotopic (exact) mass is 229 g/mol. The van der Waals surface area contributed by atoms with Crippen molar-refractivity contribution in [3.63, 3.8) is 0 Å². The van der Waals surface area contributed by atoms with E-state index in [1.54, 1.807) is 6.92 Å². The molecule has 0 saturated carbocycles. The lowest BCUT2D eigenvalue weighted by molar-refractivity contribution is 0.0876. The Hall–Kier alpha value is -1.04. The Balaban J connectivity index is 2.72. The molecule has 0 radical (unpaired) electrons. The van der Waals surface area contributed by atoms with E-state index in [2.05, 4.69) is 28.1 Å². The fourth-order valence-electron chi connectivity index (χ4n) is 0.839. The molecular formula is C9H15N3O2S. The van der Waals surface area contributed by atoms with Crippen LogP contribution in [0.3, 0.4) is 0 Å². The van der Waals surface area contributed by atoms with E-state index in [0.717, 1.165) is 0 Å². The van der Waals surface area contributed by atoms with Crippen LogP contribution in [0.1, 0.15) is 37.3 Å². The molecule has 0 aliphatic rings. The van der Waals surface area contributed by atoms with E-state index in [1.807, 2.05) is 20.8 Å². The smallest absolute Gasteiger partial charge is 0.309 e. The molecular weight excluding hydrogens is 214 g/mol. The maximum Gasteiger partial charge on any atom is 0.309 e. The Labute approximate surface area is 94.1 Å². The fraction of sp³-hybridized carbons (Fsp3) is 0.667. The van der Waals surface area contributed by atoms with Crippen molar-refractivity contribution < 1.29 is 9.21 Å². The van der Waals surface area contributed by atoms with E-state index in [1.165, 1.54) is 0 Å². The molecule has 0 saturated heterocycles. The van der Waals surface area contributed by atoms with Crippen LogP contribution >= 0.6 is 12.6 Å². The summed E-state index contributed by atoms with van der Waals surface area (Å²) in [5.41, 5.74) is -0.428. The van der Waals surface area contributed by atoms with Gasteiger partial charge in [0.15, 0.2) is 0 Å². The van der Waals surface area contributed by atoms with Crippen molar-refractivity contribution in [1.82, 2.24) is 15.5 Å². The van der Waals surface area contributed by atoms with Gasteiger partial charge in [-0.2, -0.15) is 12.6 Å². The summed E-state index contributed by atoms with van der Waals surface area (Å²) in [7, 11) is 0. The van der Waals surface area contributed by atoms with Crippen LogP contribution in [-0.4, -0.2) is 26.9 Å². The molecule has 1 aromatic heterocycles. The maximum atomic E-state index is 11.6. The minimum absolute atomic E-state index is 0.0189. The van der Waals surface area contributed by atoms with Gasteiger partial charge in [0.2, 0.25) is 5.89 Å². The number of aryl methyl sites for hydroxylation is 1.